The molecular formula is C13H17N3O3. The zero-order valence-electron chi connectivity index (χ0n) is 10.7. The van der Waals surface area contributed by atoms with E-state index in [-0.39, 0.29) is 11.8 Å². The summed E-state index contributed by atoms with van der Waals surface area (Å²) in [5, 5.41) is 8.96. The Bertz CT molecular complexity index is 515. The van der Waals surface area contributed by atoms with Crippen molar-refractivity contribution in [1.82, 2.24) is 14.5 Å². The minimum atomic E-state index is -0.752. The van der Waals surface area contributed by atoms with Gasteiger partial charge < -0.3 is 14.6 Å². The summed E-state index contributed by atoms with van der Waals surface area (Å²) >= 11 is 0. The summed E-state index contributed by atoms with van der Waals surface area (Å²) in [6.45, 7) is 1.91. The van der Waals surface area contributed by atoms with Crippen molar-refractivity contribution < 1.29 is 14.7 Å². The van der Waals surface area contributed by atoms with Crippen molar-refractivity contribution in [1.29, 1.82) is 0 Å². The van der Waals surface area contributed by atoms with Crippen LogP contribution in [-0.2, 0) is 17.8 Å². The van der Waals surface area contributed by atoms with Crippen molar-refractivity contribution in [2.45, 2.75) is 32.2 Å². The van der Waals surface area contributed by atoms with Gasteiger partial charge in [-0.1, -0.05) is 0 Å². The Morgan fingerprint density at radius 1 is 1.26 bits per heavy atom. The van der Waals surface area contributed by atoms with E-state index in [2.05, 4.69) is 4.98 Å². The van der Waals surface area contributed by atoms with Crippen LogP contribution in [-0.4, -0.2) is 44.5 Å². The van der Waals surface area contributed by atoms with Crippen LogP contribution in [0.5, 0.6) is 0 Å². The maximum Gasteiger partial charge on any atom is 0.306 e. The molecule has 0 aliphatic carbocycles. The van der Waals surface area contributed by atoms with Crippen molar-refractivity contribution in [2.24, 2.45) is 5.92 Å². The van der Waals surface area contributed by atoms with E-state index < -0.39 is 5.97 Å². The summed E-state index contributed by atoms with van der Waals surface area (Å²) < 4.78 is 1.99. The molecule has 3 rings (SSSR count). The van der Waals surface area contributed by atoms with Crippen LogP contribution in [0.15, 0.2) is 6.20 Å². The molecule has 102 valence electrons. The number of carboxylic acids is 1. The van der Waals surface area contributed by atoms with Crippen molar-refractivity contribution in [2.75, 3.05) is 13.1 Å². The van der Waals surface area contributed by atoms with Crippen molar-refractivity contribution in [3.05, 3.63) is 17.7 Å². The molecule has 1 saturated heterocycles. The highest BCUT2D eigenvalue weighted by molar-refractivity contribution is 5.92. The summed E-state index contributed by atoms with van der Waals surface area (Å²) in [6, 6.07) is 0. The van der Waals surface area contributed by atoms with Gasteiger partial charge in [-0.05, 0) is 19.3 Å². The number of amides is 1. The monoisotopic (exact) mass is 263 g/mol. The average molecular weight is 263 g/mol. The SMILES string of the molecule is O=C(O)C1CCN(C(=O)c2cnc3n2CCC3)CC1. The fourth-order valence-electron chi connectivity index (χ4n) is 2.92. The predicted molar refractivity (Wildman–Crippen MR) is 66.8 cm³/mol. The van der Waals surface area contributed by atoms with Gasteiger partial charge in [-0.15, -0.1) is 0 Å². The van der Waals surface area contributed by atoms with E-state index in [1.165, 1.54) is 0 Å². The lowest BCUT2D eigenvalue weighted by atomic mass is 9.97. The maximum absolute atomic E-state index is 12.4. The minimum Gasteiger partial charge on any atom is -0.481 e. The van der Waals surface area contributed by atoms with Crippen molar-refractivity contribution >= 4 is 11.9 Å². The Hall–Kier alpha value is -1.85. The second-order valence-corrected chi connectivity index (χ2v) is 5.22. The molecular weight excluding hydrogens is 246 g/mol. The highest BCUT2D eigenvalue weighted by atomic mass is 16.4. The standard InChI is InChI=1S/C13H17N3O3/c17-12(10-8-14-11-2-1-5-16(10)11)15-6-3-9(4-7-15)13(18)19/h8-9H,1-7H2,(H,18,19). The molecule has 0 atom stereocenters. The average Bonchev–Trinajstić information content (AvgIpc) is 3.00. The number of carbonyl (C=O) groups excluding carboxylic acids is 1. The molecule has 0 unspecified atom stereocenters. The van der Waals surface area contributed by atoms with Crippen molar-refractivity contribution in [3.63, 3.8) is 0 Å². The molecule has 2 aliphatic rings. The quantitative estimate of drug-likeness (QED) is 0.855. The van der Waals surface area contributed by atoms with Crippen LogP contribution < -0.4 is 0 Å². The molecule has 0 radical (unpaired) electrons. The smallest absolute Gasteiger partial charge is 0.306 e. The van der Waals surface area contributed by atoms with Gasteiger partial charge in [0.05, 0.1) is 12.1 Å². The molecule has 0 bridgehead atoms. The number of imidazole rings is 1. The third-order valence-electron chi connectivity index (χ3n) is 4.07. The van der Waals surface area contributed by atoms with Gasteiger partial charge >= 0.3 is 5.97 Å². The first-order valence-electron chi connectivity index (χ1n) is 6.73. The Morgan fingerprint density at radius 3 is 2.68 bits per heavy atom. The molecule has 0 saturated carbocycles. The van der Waals surface area contributed by atoms with Gasteiger partial charge in [-0.3, -0.25) is 9.59 Å². The predicted octanol–water partition coefficient (Wildman–Crippen LogP) is 0.766. The number of carbonyl (C=O) groups is 2. The number of hydrogen-bond donors (Lipinski definition) is 1. The van der Waals surface area contributed by atoms with Crippen LogP contribution in [0, 0.1) is 5.92 Å². The number of hydrogen-bond acceptors (Lipinski definition) is 3. The summed E-state index contributed by atoms with van der Waals surface area (Å²) in [5.74, 6) is -0.0780. The lowest BCUT2D eigenvalue weighted by Gasteiger charge is -2.30. The van der Waals surface area contributed by atoms with E-state index in [0.29, 0.717) is 31.6 Å². The van der Waals surface area contributed by atoms with E-state index >= 15 is 0 Å². The molecule has 1 aromatic rings. The fraction of sp³-hybridized carbons (Fsp3) is 0.615. The molecule has 6 heteroatoms. The molecule has 1 amide bonds. The fourth-order valence-corrected chi connectivity index (χ4v) is 2.92. The van der Waals surface area contributed by atoms with Gasteiger partial charge in [0.15, 0.2) is 0 Å². The van der Waals surface area contributed by atoms with Gasteiger partial charge in [-0.25, -0.2) is 4.98 Å². The van der Waals surface area contributed by atoms with Crippen LogP contribution in [0.2, 0.25) is 0 Å². The number of nitrogens with zero attached hydrogens (tertiary/aromatic N) is 3. The minimum absolute atomic E-state index is 0.00973. The number of aryl methyl sites for hydroxylation is 1. The number of aromatic nitrogens is 2. The van der Waals surface area contributed by atoms with E-state index in [1.807, 2.05) is 4.57 Å². The van der Waals surface area contributed by atoms with Crippen molar-refractivity contribution in [3.8, 4) is 0 Å². The van der Waals surface area contributed by atoms with E-state index in [1.54, 1.807) is 11.1 Å². The first-order valence-corrected chi connectivity index (χ1v) is 6.73. The normalized spacial score (nSPS) is 19.5. The largest absolute Gasteiger partial charge is 0.481 e. The Balaban J connectivity index is 1.70. The van der Waals surface area contributed by atoms with Crippen LogP contribution in [0.1, 0.15) is 35.6 Å². The Morgan fingerprint density at radius 2 is 2.00 bits per heavy atom. The molecule has 0 aromatic carbocycles. The zero-order valence-corrected chi connectivity index (χ0v) is 10.7. The summed E-state index contributed by atoms with van der Waals surface area (Å²) in [5.41, 5.74) is 0.654. The molecule has 6 nitrogen and oxygen atoms in total. The molecule has 19 heavy (non-hydrogen) atoms. The Kier molecular flexibility index (Phi) is 3.00. The van der Waals surface area contributed by atoms with Crippen LogP contribution >= 0.6 is 0 Å². The van der Waals surface area contributed by atoms with Gasteiger partial charge in [-0.2, -0.15) is 0 Å². The third kappa shape index (κ3) is 2.11. The zero-order chi connectivity index (χ0) is 13.4. The van der Waals surface area contributed by atoms with Crippen LogP contribution in [0.4, 0.5) is 0 Å². The second kappa shape index (κ2) is 4.68. The van der Waals surface area contributed by atoms with Gasteiger partial charge in [0.25, 0.3) is 5.91 Å². The number of piperidine rings is 1. The number of rotatable bonds is 2. The summed E-state index contributed by atoms with van der Waals surface area (Å²) in [6.07, 6.45) is 4.73. The van der Waals surface area contributed by atoms with Gasteiger partial charge in [0, 0.05) is 26.1 Å². The first-order chi connectivity index (χ1) is 9.16. The van der Waals surface area contributed by atoms with E-state index in [0.717, 1.165) is 25.2 Å². The number of likely N-dealkylation sites (tertiary alicyclic amines) is 1. The topological polar surface area (TPSA) is 75.4 Å². The highest BCUT2D eigenvalue weighted by Crippen LogP contribution is 2.21. The molecule has 1 N–H and O–H groups in total. The van der Waals surface area contributed by atoms with Crippen LogP contribution in [0.3, 0.4) is 0 Å². The third-order valence-corrected chi connectivity index (χ3v) is 4.07. The maximum atomic E-state index is 12.4. The van der Waals surface area contributed by atoms with E-state index in [9.17, 15) is 9.59 Å². The van der Waals surface area contributed by atoms with Gasteiger partial charge in [0.2, 0.25) is 0 Å². The molecule has 2 aliphatic heterocycles. The number of fused-ring (bicyclic) bond motifs is 1. The molecule has 0 spiro atoms. The first kappa shape index (κ1) is 12.2. The second-order valence-electron chi connectivity index (χ2n) is 5.22. The van der Waals surface area contributed by atoms with Gasteiger partial charge in [0.1, 0.15) is 11.5 Å². The summed E-state index contributed by atoms with van der Waals surface area (Å²) in [7, 11) is 0. The molecule has 1 fully saturated rings. The molecule has 1 aromatic heterocycles. The molecule has 3 heterocycles. The van der Waals surface area contributed by atoms with Crippen LogP contribution in [0.25, 0.3) is 0 Å². The highest BCUT2D eigenvalue weighted by Gasteiger charge is 2.30. The summed E-state index contributed by atoms with van der Waals surface area (Å²) in [4.78, 5) is 29.3. The lowest BCUT2D eigenvalue weighted by molar-refractivity contribution is -0.143. The van der Waals surface area contributed by atoms with E-state index in [4.69, 9.17) is 5.11 Å². The number of aliphatic carboxylic acids is 1. The number of carboxylic acid groups (broad SMARTS) is 1. The Labute approximate surface area is 111 Å². The lowest BCUT2D eigenvalue weighted by Crippen LogP contribution is -2.40.